The van der Waals surface area contributed by atoms with E-state index in [0.717, 1.165) is 19.6 Å². The Morgan fingerprint density at radius 2 is 1.83 bits per heavy atom. The highest BCUT2D eigenvalue weighted by Gasteiger charge is 2.17. The van der Waals surface area contributed by atoms with Crippen molar-refractivity contribution in [2.75, 3.05) is 33.4 Å². The van der Waals surface area contributed by atoms with Crippen LogP contribution in [0.15, 0.2) is 47.3 Å². The highest BCUT2D eigenvalue weighted by Crippen LogP contribution is 2.25. The summed E-state index contributed by atoms with van der Waals surface area (Å²) in [6.45, 7) is 13.6. The zero-order valence-corrected chi connectivity index (χ0v) is 22.2. The molecule has 36 heavy (non-hydrogen) atoms. The van der Waals surface area contributed by atoms with Crippen LogP contribution in [0, 0.1) is 5.92 Å². The molecule has 0 aliphatic carbocycles. The van der Waals surface area contributed by atoms with E-state index >= 15 is 0 Å². The molecule has 1 aromatic heterocycles. The second-order valence-corrected chi connectivity index (χ2v) is 9.36. The summed E-state index contributed by atoms with van der Waals surface area (Å²) in [6, 6.07) is 12.6. The van der Waals surface area contributed by atoms with Gasteiger partial charge in [-0.05, 0) is 57.3 Å². The zero-order chi connectivity index (χ0) is 26.2. The second kappa shape index (κ2) is 12.5. The molecule has 0 aliphatic heterocycles. The molecule has 1 heterocycles. The summed E-state index contributed by atoms with van der Waals surface area (Å²) >= 11 is 0. The minimum Gasteiger partial charge on any atom is -0.497 e. The van der Waals surface area contributed by atoms with Gasteiger partial charge in [0.1, 0.15) is 23.9 Å². The molecule has 0 saturated heterocycles. The molecule has 1 atom stereocenters. The van der Waals surface area contributed by atoms with E-state index < -0.39 is 0 Å². The molecule has 0 spiro atoms. The molecule has 0 unspecified atom stereocenters. The normalized spacial score (nSPS) is 12.2. The van der Waals surface area contributed by atoms with Gasteiger partial charge in [0, 0.05) is 24.1 Å². The molecule has 8 heteroatoms. The van der Waals surface area contributed by atoms with E-state index in [2.05, 4.69) is 31.0 Å². The lowest BCUT2D eigenvalue weighted by Crippen LogP contribution is -2.37. The highest BCUT2D eigenvalue weighted by molar-refractivity contribution is 5.83. The van der Waals surface area contributed by atoms with Crippen LogP contribution >= 0.6 is 0 Å². The summed E-state index contributed by atoms with van der Waals surface area (Å²) in [5.74, 6) is 1.75. The van der Waals surface area contributed by atoms with Crippen molar-refractivity contribution < 1.29 is 14.3 Å². The fourth-order valence-electron chi connectivity index (χ4n) is 4.14. The largest absolute Gasteiger partial charge is 0.497 e. The Morgan fingerprint density at radius 3 is 2.50 bits per heavy atom. The van der Waals surface area contributed by atoms with Gasteiger partial charge in [0.05, 0.1) is 24.6 Å². The van der Waals surface area contributed by atoms with Crippen LogP contribution in [0.3, 0.4) is 0 Å². The Labute approximate surface area is 213 Å². The minimum absolute atomic E-state index is 0.0415. The van der Waals surface area contributed by atoms with E-state index in [1.807, 2.05) is 38.1 Å². The topological polar surface area (TPSA) is 85.7 Å². The molecular formula is C28H38N4O4. The number of benzene rings is 2. The number of nitrogens with one attached hydrogen (secondary N) is 1. The number of aromatic nitrogens is 2. The Morgan fingerprint density at radius 1 is 1.08 bits per heavy atom. The molecule has 1 N–H and O–H groups in total. The van der Waals surface area contributed by atoms with Gasteiger partial charge < -0.3 is 19.7 Å². The quantitative estimate of drug-likeness (QED) is 0.410. The van der Waals surface area contributed by atoms with Crippen molar-refractivity contribution in [1.82, 2.24) is 19.8 Å². The van der Waals surface area contributed by atoms with E-state index in [4.69, 9.17) is 14.5 Å². The first-order valence-corrected chi connectivity index (χ1v) is 12.6. The fraction of sp³-hybridized carbons (Fsp3) is 0.464. The number of hydrogen-bond acceptors (Lipinski definition) is 6. The summed E-state index contributed by atoms with van der Waals surface area (Å²) in [5, 5.41) is 3.27. The van der Waals surface area contributed by atoms with Crippen LogP contribution in [0.5, 0.6) is 11.5 Å². The third-order valence-electron chi connectivity index (χ3n) is 6.00. The molecular weight excluding hydrogens is 456 g/mol. The van der Waals surface area contributed by atoms with Crippen LogP contribution < -0.4 is 20.3 Å². The lowest BCUT2D eigenvalue weighted by atomic mass is 10.1. The van der Waals surface area contributed by atoms with Crippen molar-refractivity contribution in [3.8, 4) is 22.9 Å². The number of carbonyl (C=O) groups is 1. The van der Waals surface area contributed by atoms with Crippen LogP contribution in [0.4, 0.5) is 0 Å². The highest BCUT2D eigenvalue weighted by atomic mass is 16.5. The van der Waals surface area contributed by atoms with E-state index in [-0.39, 0.29) is 24.1 Å². The summed E-state index contributed by atoms with van der Waals surface area (Å²) < 4.78 is 12.8. The van der Waals surface area contributed by atoms with Gasteiger partial charge in [-0.1, -0.05) is 32.9 Å². The van der Waals surface area contributed by atoms with Crippen LogP contribution in [-0.2, 0) is 11.3 Å². The summed E-state index contributed by atoms with van der Waals surface area (Å²) in [4.78, 5) is 33.4. The van der Waals surface area contributed by atoms with Crippen LogP contribution in [0.25, 0.3) is 22.3 Å². The maximum atomic E-state index is 13.7. The minimum atomic E-state index is -0.293. The van der Waals surface area contributed by atoms with Gasteiger partial charge in [0.25, 0.3) is 5.56 Å². The molecule has 0 bridgehead atoms. The van der Waals surface area contributed by atoms with Crippen molar-refractivity contribution in [3.05, 3.63) is 52.8 Å². The summed E-state index contributed by atoms with van der Waals surface area (Å²) in [7, 11) is 1.58. The Kier molecular flexibility index (Phi) is 9.47. The lowest BCUT2D eigenvalue weighted by Gasteiger charge is -2.22. The molecule has 0 aliphatic rings. The smallest absolute Gasteiger partial charge is 0.262 e. The molecule has 0 saturated carbocycles. The number of ether oxygens (including phenoxy) is 2. The SMILES string of the molecule is CCN(CC)C[C@H](C)COc1ccc2nc(-c3cccc(OC)c3)n(CC(=O)NC(C)C)c(=O)c2c1. The molecule has 3 rings (SSSR count). The third kappa shape index (κ3) is 6.85. The summed E-state index contributed by atoms with van der Waals surface area (Å²) in [6.07, 6.45) is 0. The van der Waals surface area contributed by atoms with Crippen molar-refractivity contribution in [2.24, 2.45) is 5.92 Å². The van der Waals surface area contributed by atoms with Gasteiger partial charge in [-0.25, -0.2) is 4.98 Å². The molecule has 8 nitrogen and oxygen atoms in total. The summed E-state index contributed by atoms with van der Waals surface area (Å²) in [5.41, 5.74) is 0.941. The molecule has 0 radical (unpaired) electrons. The first-order valence-electron chi connectivity index (χ1n) is 12.6. The van der Waals surface area contributed by atoms with Crippen LogP contribution in [0.1, 0.15) is 34.6 Å². The van der Waals surface area contributed by atoms with E-state index in [9.17, 15) is 9.59 Å². The Bertz CT molecular complexity index is 1230. The standard InChI is InChI=1S/C28H38N4O4/c1-7-31(8-2)16-20(5)18-36-23-12-13-25-24(15-23)28(34)32(17-26(33)29-19(3)4)27(30-25)21-10-9-11-22(14-21)35-6/h9-15,19-20H,7-8,16-18H2,1-6H3,(H,29,33)/t20-/m0/s1. The van der Waals surface area contributed by atoms with Crippen LogP contribution in [-0.4, -0.2) is 59.8 Å². The van der Waals surface area contributed by atoms with Gasteiger partial charge in [-0.2, -0.15) is 0 Å². The maximum Gasteiger partial charge on any atom is 0.262 e. The third-order valence-corrected chi connectivity index (χ3v) is 6.00. The number of hydrogen-bond donors (Lipinski definition) is 1. The molecule has 3 aromatic rings. The number of nitrogens with zero attached hydrogens (tertiary/aromatic N) is 3. The average molecular weight is 495 g/mol. The maximum absolute atomic E-state index is 13.7. The Balaban J connectivity index is 1.99. The van der Waals surface area contributed by atoms with Gasteiger partial charge in [0.15, 0.2) is 0 Å². The van der Waals surface area contributed by atoms with Gasteiger partial charge in [0.2, 0.25) is 5.91 Å². The average Bonchev–Trinajstić information content (AvgIpc) is 2.87. The van der Waals surface area contributed by atoms with Gasteiger partial charge in [-0.3, -0.25) is 14.2 Å². The van der Waals surface area contributed by atoms with Crippen molar-refractivity contribution in [1.29, 1.82) is 0 Å². The number of rotatable bonds is 12. The first kappa shape index (κ1) is 27.2. The van der Waals surface area contributed by atoms with Crippen molar-refractivity contribution >= 4 is 16.8 Å². The second-order valence-electron chi connectivity index (χ2n) is 9.36. The monoisotopic (exact) mass is 494 g/mol. The predicted octanol–water partition coefficient (Wildman–Crippen LogP) is 3.95. The number of methoxy groups -OCH3 is 1. The lowest BCUT2D eigenvalue weighted by molar-refractivity contribution is -0.122. The van der Waals surface area contributed by atoms with Crippen LogP contribution in [0.2, 0.25) is 0 Å². The first-order chi connectivity index (χ1) is 17.2. The van der Waals surface area contributed by atoms with Crippen molar-refractivity contribution in [2.45, 2.75) is 47.2 Å². The van der Waals surface area contributed by atoms with Gasteiger partial charge >= 0.3 is 0 Å². The number of amides is 1. The zero-order valence-electron chi connectivity index (χ0n) is 22.2. The number of fused-ring (bicyclic) bond motifs is 1. The Hall–Kier alpha value is -3.39. The van der Waals surface area contributed by atoms with Gasteiger partial charge in [-0.15, -0.1) is 0 Å². The van der Waals surface area contributed by atoms with E-state index in [1.54, 1.807) is 25.3 Å². The van der Waals surface area contributed by atoms with Crippen molar-refractivity contribution in [3.63, 3.8) is 0 Å². The fourth-order valence-corrected chi connectivity index (χ4v) is 4.14. The predicted molar refractivity (Wildman–Crippen MR) is 144 cm³/mol. The number of carbonyl (C=O) groups excluding carboxylic acids is 1. The molecule has 1 amide bonds. The van der Waals surface area contributed by atoms with E-state index in [0.29, 0.717) is 46.3 Å². The molecule has 0 fully saturated rings. The molecule has 194 valence electrons. The molecule has 2 aromatic carbocycles. The van der Waals surface area contributed by atoms with E-state index in [1.165, 1.54) is 4.57 Å².